The van der Waals surface area contributed by atoms with Gasteiger partial charge in [0.25, 0.3) is 0 Å². The molecule has 2 rings (SSSR count). The zero-order valence-corrected chi connectivity index (χ0v) is 9.23. The van der Waals surface area contributed by atoms with Gasteiger partial charge in [0, 0.05) is 4.47 Å². The molecule has 0 atom stereocenters. The number of halogens is 3. The fourth-order valence-corrected chi connectivity index (χ4v) is 1.97. The number of hydrogen-bond donors (Lipinski definition) is 1. The first-order valence-corrected chi connectivity index (χ1v) is 4.96. The molecule has 0 radical (unpaired) electrons. The molecule has 0 saturated carbocycles. The molecule has 1 aromatic carbocycles. The predicted octanol–water partition coefficient (Wildman–Crippen LogP) is 3.37. The normalized spacial score (nSPS) is 10.8. The second-order valence-electron chi connectivity index (χ2n) is 2.81. The molecule has 5 heteroatoms. The van der Waals surface area contributed by atoms with Crippen molar-refractivity contribution in [3.63, 3.8) is 0 Å². The third-order valence-corrected chi connectivity index (χ3v) is 2.55. The summed E-state index contributed by atoms with van der Waals surface area (Å²) in [6, 6.07) is 4.44. The SMILES string of the molecule is Nc1cc(Cl)c2c(F)cc(Br)cc2n1. The standard InChI is InChI=1S/C9H5BrClFN2/c10-4-1-6(12)9-5(11)3-8(13)14-7(9)2-4/h1-3H,(H2,13,14). The Hall–Kier alpha value is -0.870. The van der Waals surface area contributed by atoms with Gasteiger partial charge in [0.05, 0.1) is 15.9 Å². The molecule has 1 aromatic heterocycles. The Morgan fingerprint density at radius 1 is 1.36 bits per heavy atom. The van der Waals surface area contributed by atoms with Crippen LogP contribution in [0.3, 0.4) is 0 Å². The summed E-state index contributed by atoms with van der Waals surface area (Å²) in [4.78, 5) is 3.98. The molecule has 0 amide bonds. The molecular formula is C9H5BrClFN2. The Bertz CT molecular complexity index is 473. The van der Waals surface area contributed by atoms with Crippen LogP contribution in [0.1, 0.15) is 0 Å². The minimum Gasteiger partial charge on any atom is -0.384 e. The molecule has 2 N–H and O–H groups in total. The fraction of sp³-hybridized carbons (Fsp3) is 0. The Labute approximate surface area is 93.0 Å². The van der Waals surface area contributed by atoms with Gasteiger partial charge in [0.15, 0.2) is 0 Å². The van der Waals surface area contributed by atoms with E-state index in [0.29, 0.717) is 15.4 Å². The van der Waals surface area contributed by atoms with E-state index in [9.17, 15) is 4.39 Å². The van der Waals surface area contributed by atoms with Gasteiger partial charge in [-0.05, 0) is 18.2 Å². The highest BCUT2D eigenvalue weighted by atomic mass is 79.9. The molecule has 2 nitrogen and oxygen atoms in total. The largest absolute Gasteiger partial charge is 0.384 e. The minimum atomic E-state index is -0.410. The van der Waals surface area contributed by atoms with Gasteiger partial charge in [-0.3, -0.25) is 0 Å². The Kier molecular flexibility index (Phi) is 2.33. The molecule has 72 valence electrons. The first-order valence-electron chi connectivity index (χ1n) is 3.78. The first kappa shape index (κ1) is 9.68. The smallest absolute Gasteiger partial charge is 0.135 e. The van der Waals surface area contributed by atoms with Gasteiger partial charge in [-0.15, -0.1) is 0 Å². The number of anilines is 1. The van der Waals surface area contributed by atoms with Crippen molar-refractivity contribution < 1.29 is 4.39 Å². The highest BCUT2D eigenvalue weighted by molar-refractivity contribution is 9.10. The van der Waals surface area contributed by atoms with Crippen molar-refractivity contribution in [2.24, 2.45) is 0 Å². The van der Waals surface area contributed by atoms with Crippen LogP contribution in [0.4, 0.5) is 10.2 Å². The molecule has 0 saturated heterocycles. The minimum absolute atomic E-state index is 0.275. The molecule has 0 bridgehead atoms. The van der Waals surface area contributed by atoms with E-state index in [1.54, 1.807) is 6.07 Å². The molecule has 0 aliphatic rings. The monoisotopic (exact) mass is 274 g/mol. The molecule has 14 heavy (non-hydrogen) atoms. The predicted molar refractivity (Wildman–Crippen MR) is 58.8 cm³/mol. The maximum atomic E-state index is 13.4. The van der Waals surface area contributed by atoms with Crippen LogP contribution in [0.5, 0.6) is 0 Å². The number of rotatable bonds is 0. The molecular weight excluding hydrogens is 270 g/mol. The summed E-state index contributed by atoms with van der Waals surface area (Å²) < 4.78 is 14.1. The Morgan fingerprint density at radius 2 is 2.07 bits per heavy atom. The van der Waals surface area contributed by atoms with Crippen LogP contribution in [-0.4, -0.2) is 4.98 Å². The summed E-state index contributed by atoms with van der Waals surface area (Å²) in [6.45, 7) is 0. The lowest BCUT2D eigenvalue weighted by Crippen LogP contribution is -1.92. The number of nitrogen functional groups attached to an aromatic ring is 1. The number of nitrogens with zero attached hydrogens (tertiary/aromatic N) is 1. The van der Waals surface area contributed by atoms with Gasteiger partial charge in [0.2, 0.25) is 0 Å². The van der Waals surface area contributed by atoms with Crippen LogP contribution < -0.4 is 5.73 Å². The Morgan fingerprint density at radius 3 is 2.79 bits per heavy atom. The number of benzene rings is 1. The summed E-state index contributed by atoms with van der Waals surface area (Å²) in [7, 11) is 0. The molecule has 1 heterocycles. The molecule has 0 aliphatic heterocycles. The van der Waals surface area contributed by atoms with Crippen LogP contribution in [-0.2, 0) is 0 Å². The number of fused-ring (bicyclic) bond motifs is 1. The lowest BCUT2D eigenvalue weighted by Gasteiger charge is -2.03. The number of nitrogens with two attached hydrogens (primary N) is 1. The number of hydrogen-bond acceptors (Lipinski definition) is 2. The van der Waals surface area contributed by atoms with Crippen LogP contribution in [0, 0.1) is 5.82 Å². The van der Waals surface area contributed by atoms with Crippen molar-refractivity contribution in [3.05, 3.63) is 33.5 Å². The maximum Gasteiger partial charge on any atom is 0.135 e. The topological polar surface area (TPSA) is 38.9 Å². The number of aromatic nitrogens is 1. The first-order chi connectivity index (χ1) is 6.58. The maximum absolute atomic E-state index is 13.4. The third-order valence-electron chi connectivity index (χ3n) is 1.80. The highest BCUT2D eigenvalue weighted by Gasteiger charge is 2.08. The van der Waals surface area contributed by atoms with E-state index in [1.165, 1.54) is 12.1 Å². The molecule has 0 spiro atoms. The van der Waals surface area contributed by atoms with Crippen molar-refractivity contribution in [3.8, 4) is 0 Å². The van der Waals surface area contributed by atoms with E-state index in [0.717, 1.165) is 0 Å². The highest BCUT2D eigenvalue weighted by Crippen LogP contribution is 2.29. The van der Waals surface area contributed by atoms with Gasteiger partial charge in [-0.1, -0.05) is 27.5 Å². The van der Waals surface area contributed by atoms with Crippen molar-refractivity contribution in [2.75, 3.05) is 5.73 Å². The molecule has 0 unspecified atom stereocenters. The van der Waals surface area contributed by atoms with E-state index in [1.807, 2.05) is 0 Å². The van der Waals surface area contributed by atoms with Crippen LogP contribution >= 0.6 is 27.5 Å². The van der Waals surface area contributed by atoms with Crippen LogP contribution in [0.15, 0.2) is 22.7 Å². The quantitative estimate of drug-likeness (QED) is 0.800. The van der Waals surface area contributed by atoms with Crippen LogP contribution in [0.2, 0.25) is 5.02 Å². The van der Waals surface area contributed by atoms with Gasteiger partial charge >= 0.3 is 0 Å². The number of pyridine rings is 1. The summed E-state index contributed by atoms with van der Waals surface area (Å²) in [5, 5.41) is 0.571. The van der Waals surface area contributed by atoms with E-state index in [2.05, 4.69) is 20.9 Å². The van der Waals surface area contributed by atoms with Crippen molar-refractivity contribution in [1.82, 2.24) is 4.98 Å². The van der Waals surface area contributed by atoms with E-state index in [-0.39, 0.29) is 10.8 Å². The summed E-state index contributed by atoms with van der Waals surface area (Å²) in [5.41, 5.74) is 5.94. The van der Waals surface area contributed by atoms with Crippen molar-refractivity contribution >= 4 is 44.3 Å². The fourth-order valence-electron chi connectivity index (χ4n) is 1.26. The van der Waals surface area contributed by atoms with Gasteiger partial charge < -0.3 is 5.73 Å². The molecule has 0 fully saturated rings. The lowest BCUT2D eigenvalue weighted by molar-refractivity contribution is 0.639. The van der Waals surface area contributed by atoms with E-state index >= 15 is 0 Å². The van der Waals surface area contributed by atoms with E-state index < -0.39 is 5.82 Å². The Balaban J connectivity index is 2.94. The van der Waals surface area contributed by atoms with Crippen molar-refractivity contribution in [1.29, 1.82) is 0 Å². The molecule has 0 aliphatic carbocycles. The zero-order chi connectivity index (χ0) is 10.3. The second kappa shape index (κ2) is 3.37. The summed E-state index contributed by atoms with van der Waals surface area (Å²) in [5.74, 6) is -0.133. The van der Waals surface area contributed by atoms with E-state index in [4.69, 9.17) is 17.3 Å². The van der Waals surface area contributed by atoms with Crippen LogP contribution in [0.25, 0.3) is 10.9 Å². The third kappa shape index (κ3) is 1.55. The second-order valence-corrected chi connectivity index (χ2v) is 4.13. The van der Waals surface area contributed by atoms with Gasteiger partial charge in [-0.2, -0.15) is 0 Å². The molecule has 2 aromatic rings. The zero-order valence-electron chi connectivity index (χ0n) is 6.89. The average molecular weight is 276 g/mol. The van der Waals surface area contributed by atoms with Gasteiger partial charge in [-0.25, -0.2) is 9.37 Å². The summed E-state index contributed by atoms with van der Waals surface area (Å²) >= 11 is 9.01. The van der Waals surface area contributed by atoms with Crippen molar-refractivity contribution in [2.45, 2.75) is 0 Å². The lowest BCUT2D eigenvalue weighted by atomic mass is 10.2. The average Bonchev–Trinajstić information content (AvgIpc) is 1.99. The van der Waals surface area contributed by atoms with Gasteiger partial charge in [0.1, 0.15) is 11.6 Å². The summed E-state index contributed by atoms with van der Waals surface area (Å²) in [6.07, 6.45) is 0.